The van der Waals surface area contributed by atoms with Gasteiger partial charge >= 0.3 is 5.97 Å². The lowest BCUT2D eigenvalue weighted by Gasteiger charge is -2.17. The Balaban J connectivity index is 2.37. The second-order valence-corrected chi connectivity index (χ2v) is 6.85. The van der Waals surface area contributed by atoms with Crippen molar-refractivity contribution in [1.82, 2.24) is 4.98 Å². The summed E-state index contributed by atoms with van der Waals surface area (Å²) in [6, 6.07) is 5.06. The Labute approximate surface area is 143 Å². The van der Waals surface area contributed by atoms with E-state index in [1.165, 1.54) is 12.2 Å². The van der Waals surface area contributed by atoms with Crippen LogP contribution in [0.5, 0.6) is 0 Å². The number of pyridine rings is 1. The molecular weight excluding hydrogens is 345 g/mol. The van der Waals surface area contributed by atoms with Crippen LogP contribution in [0.2, 0.25) is 15.1 Å². The molecule has 1 aromatic heterocycles. The van der Waals surface area contributed by atoms with Gasteiger partial charge in [0, 0.05) is 11.5 Å². The molecule has 1 aromatic carbocycles. The summed E-state index contributed by atoms with van der Waals surface area (Å²) >= 11 is 18.4. The molecule has 0 bridgehead atoms. The van der Waals surface area contributed by atoms with Crippen molar-refractivity contribution in [2.45, 2.75) is 26.4 Å². The number of ether oxygens (including phenoxy) is 1. The predicted molar refractivity (Wildman–Crippen MR) is 91.7 cm³/mol. The molecule has 0 atom stereocenters. The Bertz CT molecular complexity index is 764. The van der Waals surface area contributed by atoms with Gasteiger partial charge in [-0.1, -0.05) is 34.8 Å². The summed E-state index contributed by atoms with van der Waals surface area (Å²) in [6.07, 6.45) is 2.82. The van der Waals surface area contributed by atoms with Crippen LogP contribution in [0.25, 0.3) is 17.0 Å². The third-order valence-electron chi connectivity index (χ3n) is 2.64. The van der Waals surface area contributed by atoms with Crippen LogP contribution in [0.1, 0.15) is 26.5 Å². The SMILES string of the molecule is CC(C)(C)OC(=O)/C=C/c1cc(Cl)c2ccc(Cl)c(Cl)c2n1. The lowest BCUT2D eigenvalue weighted by Crippen LogP contribution is -2.22. The van der Waals surface area contributed by atoms with Gasteiger partial charge in [-0.3, -0.25) is 0 Å². The van der Waals surface area contributed by atoms with E-state index in [1.807, 2.05) is 0 Å². The van der Waals surface area contributed by atoms with E-state index >= 15 is 0 Å². The van der Waals surface area contributed by atoms with Crippen LogP contribution >= 0.6 is 34.8 Å². The number of aromatic nitrogens is 1. The van der Waals surface area contributed by atoms with Crippen molar-refractivity contribution >= 4 is 57.8 Å². The fraction of sp³-hybridized carbons (Fsp3) is 0.250. The van der Waals surface area contributed by atoms with Crippen molar-refractivity contribution in [2.24, 2.45) is 0 Å². The van der Waals surface area contributed by atoms with Gasteiger partial charge in [0.2, 0.25) is 0 Å². The maximum Gasteiger partial charge on any atom is 0.331 e. The van der Waals surface area contributed by atoms with Gasteiger partial charge in [-0.2, -0.15) is 0 Å². The number of rotatable bonds is 2. The fourth-order valence-electron chi connectivity index (χ4n) is 1.79. The summed E-state index contributed by atoms with van der Waals surface area (Å²) in [5, 5.41) is 1.90. The van der Waals surface area contributed by atoms with E-state index in [4.69, 9.17) is 39.5 Å². The summed E-state index contributed by atoms with van der Waals surface area (Å²) in [5.41, 5.74) is 0.435. The van der Waals surface area contributed by atoms with Gasteiger partial charge in [0.1, 0.15) is 5.60 Å². The van der Waals surface area contributed by atoms with Gasteiger partial charge < -0.3 is 4.74 Å². The van der Waals surface area contributed by atoms with Crippen molar-refractivity contribution in [3.05, 3.63) is 45.0 Å². The van der Waals surface area contributed by atoms with Crippen LogP contribution in [0.3, 0.4) is 0 Å². The molecule has 0 saturated carbocycles. The maximum atomic E-state index is 11.7. The summed E-state index contributed by atoms with van der Waals surface area (Å²) in [7, 11) is 0. The molecule has 2 aromatic rings. The fourth-order valence-corrected chi connectivity index (χ4v) is 2.41. The molecule has 22 heavy (non-hydrogen) atoms. The van der Waals surface area contributed by atoms with Gasteiger partial charge in [0.15, 0.2) is 0 Å². The quantitative estimate of drug-likeness (QED) is 0.522. The van der Waals surface area contributed by atoms with Crippen LogP contribution < -0.4 is 0 Å². The zero-order chi connectivity index (χ0) is 16.5. The van der Waals surface area contributed by atoms with E-state index in [0.717, 1.165) is 0 Å². The molecule has 0 aliphatic carbocycles. The molecule has 1 heterocycles. The van der Waals surface area contributed by atoms with Crippen molar-refractivity contribution in [2.75, 3.05) is 0 Å². The van der Waals surface area contributed by atoms with E-state index < -0.39 is 11.6 Å². The molecular formula is C16H14Cl3NO2. The number of carbonyl (C=O) groups excluding carboxylic acids is 1. The van der Waals surface area contributed by atoms with Gasteiger partial charge in [-0.05, 0) is 45.0 Å². The number of halogens is 3. The van der Waals surface area contributed by atoms with E-state index in [2.05, 4.69) is 4.98 Å². The number of fused-ring (bicyclic) bond motifs is 1. The Hall–Kier alpha value is -1.29. The first kappa shape index (κ1) is 17.1. The summed E-state index contributed by atoms with van der Waals surface area (Å²) in [6.45, 7) is 5.39. The molecule has 2 rings (SSSR count). The minimum atomic E-state index is -0.549. The van der Waals surface area contributed by atoms with E-state index in [9.17, 15) is 4.79 Å². The standard InChI is InChI=1S/C16H14Cl3NO2/c1-16(2,3)22-13(21)7-4-9-8-12(18)10-5-6-11(17)14(19)15(10)20-9/h4-8H,1-3H3/b7-4+. The third-order valence-corrected chi connectivity index (χ3v) is 3.75. The summed E-state index contributed by atoms with van der Waals surface area (Å²) < 4.78 is 5.19. The number of nitrogens with zero attached hydrogens (tertiary/aromatic N) is 1. The topological polar surface area (TPSA) is 39.2 Å². The van der Waals surface area contributed by atoms with Gasteiger partial charge in [0.25, 0.3) is 0 Å². The highest BCUT2D eigenvalue weighted by Crippen LogP contribution is 2.33. The lowest BCUT2D eigenvalue weighted by atomic mass is 10.2. The van der Waals surface area contributed by atoms with Crippen molar-refractivity contribution < 1.29 is 9.53 Å². The molecule has 0 amide bonds. The first-order valence-electron chi connectivity index (χ1n) is 6.53. The smallest absolute Gasteiger partial charge is 0.331 e. The number of hydrogen-bond acceptors (Lipinski definition) is 3. The van der Waals surface area contributed by atoms with Crippen molar-refractivity contribution in [3.8, 4) is 0 Å². The minimum Gasteiger partial charge on any atom is -0.457 e. The van der Waals surface area contributed by atoms with Crippen LogP contribution in [0.4, 0.5) is 0 Å². The number of carbonyl (C=O) groups is 1. The van der Waals surface area contributed by atoms with Gasteiger partial charge in [-0.25, -0.2) is 9.78 Å². The highest BCUT2D eigenvalue weighted by atomic mass is 35.5. The zero-order valence-corrected chi connectivity index (χ0v) is 14.6. The Kier molecular flexibility index (Phi) is 5.00. The van der Waals surface area contributed by atoms with Crippen molar-refractivity contribution in [1.29, 1.82) is 0 Å². The summed E-state index contributed by atoms with van der Waals surface area (Å²) in [5.74, 6) is -0.456. The average Bonchev–Trinajstić information content (AvgIpc) is 2.39. The predicted octanol–water partition coefficient (Wildman–Crippen LogP) is 5.55. The molecule has 0 spiro atoms. The van der Waals surface area contributed by atoms with E-state index in [1.54, 1.807) is 39.0 Å². The normalized spacial score (nSPS) is 12.1. The van der Waals surface area contributed by atoms with Crippen LogP contribution in [0, 0.1) is 0 Å². The second-order valence-electron chi connectivity index (χ2n) is 5.65. The highest BCUT2D eigenvalue weighted by Gasteiger charge is 2.14. The lowest BCUT2D eigenvalue weighted by molar-refractivity contribution is -0.148. The van der Waals surface area contributed by atoms with Crippen LogP contribution in [-0.4, -0.2) is 16.6 Å². The largest absolute Gasteiger partial charge is 0.457 e. The first-order valence-corrected chi connectivity index (χ1v) is 7.66. The monoisotopic (exact) mass is 357 g/mol. The third kappa shape index (κ3) is 4.13. The number of esters is 1. The average molecular weight is 359 g/mol. The van der Waals surface area contributed by atoms with E-state index in [0.29, 0.717) is 31.7 Å². The van der Waals surface area contributed by atoms with Gasteiger partial charge in [0.05, 0.1) is 26.3 Å². The highest BCUT2D eigenvalue weighted by molar-refractivity contribution is 6.46. The second kappa shape index (κ2) is 6.45. The molecule has 0 unspecified atom stereocenters. The first-order chi connectivity index (χ1) is 10.2. The molecule has 0 aliphatic rings. The Morgan fingerprint density at radius 1 is 1.18 bits per heavy atom. The van der Waals surface area contributed by atoms with E-state index in [-0.39, 0.29) is 0 Å². The van der Waals surface area contributed by atoms with Crippen LogP contribution in [-0.2, 0) is 9.53 Å². The Morgan fingerprint density at radius 3 is 2.50 bits per heavy atom. The number of benzene rings is 1. The molecule has 0 N–H and O–H groups in total. The summed E-state index contributed by atoms with van der Waals surface area (Å²) in [4.78, 5) is 16.1. The van der Waals surface area contributed by atoms with Crippen molar-refractivity contribution in [3.63, 3.8) is 0 Å². The number of hydrogen-bond donors (Lipinski definition) is 0. The molecule has 0 radical (unpaired) electrons. The molecule has 0 fully saturated rings. The minimum absolute atomic E-state index is 0.327. The van der Waals surface area contributed by atoms with Gasteiger partial charge in [-0.15, -0.1) is 0 Å². The zero-order valence-electron chi connectivity index (χ0n) is 12.3. The Morgan fingerprint density at radius 2 is 1.86 bits per heavy atom. The molecule has 3 nitrogen and oxygen atoms in total. The molecule has 116 valence electrons. The van der Waals surface area contributed by atoms with Crippen LogP contribution in [0.15, 0.2) is 24.3 Å². The molecule has 0 saturated heterocycles. The molecule has 0 aliphatic heterocycles. The maximum absolute atomic E-state index is 11.7. The molecule has 6 heteroatoms.